The molecule has 134 valence electrons. The van der Waals surface area contributed by atoms with E-state index in [0.29, 0.717) is 13.0 Å². The number of aliphatic hydroxyl groups excluding tert-OH is 1. The van der Waals surface area contributed by atoms with Crippen molar-refractivity contribution in [2.45, 2.75) is 23.5 Å². The van der Waals surface area contributed by atoms with Crippen molar-refractivity contribution in [1.82, 2.24) is 9.62 Å². The Morgan fingerprint density at radius 3 is 2.60 bits per heavy atom. The average molecular weight is 364 g/mol. The van der Waals surface area contributed by atoms with E-state index in [-0.39, 0.29) is 29.8 Å². The topological polar surface area (TPSA) is 69.6 Å². The van der Waals surface area contributed by atoms with Crippen molar-refractivity contribution in [3.05, 3.63) is 66.0 Å². The van der Waals surface area contributed by atoms with E-state index in [9.17, 15) is 17.9 Å². The highest BCUT2D eigenvalue weighted by atomic mass is 32.2. The third-order valence-corrected chi connectivity index (χ3v) is 6.19. The van der Waals surface area contributed by atoms with Crippen molar-refractivity contribution in [3.8, 4) is 0 Å². The van der Waals surface area contributed by atoms with Crippen molar-refractivity contribution in [1.29, 1.82) is 0 Å². The van der Waals surface area contributed by atoms with Crippen molar-refractivity contribution < 1.29 is 17.9 Å². The van der Waals surface area contributed by atoms with Gasteiger partial charge in [-0.25, -0.2) is 12.8 Å². The van der Waals surface area contributed by atoms with Gasteiger partial charge in [0.1, 0.15) is 5.82 Å². The molecule has 25 heavy (non-hydrogen) atoms. The highest BCUT2D eigenvalue weighted by molar-refractivity contribution is 7.89. The predicted octanol–water partition coefficient (Wildman–Crippen LogP) is 1.39. The van der Waals surface area contributed by atoms with E-state index in [2.05, 4.69) is 5.32 Å². The monoisotopic (exact) mass is 364 g/mol. The molecule has 7 heteroatoms. The standard InChI is InChI=1S/C18H21FN2O3S/c19-15-6-4-5-14(11-15)9-10-20-17-12-21(13-18(17)22)25(23,24)16-7-2-1-3-8-16/h1-8,11,17-18,20,22H,9-10,12-13H2/t17-,18-/m1/s1. The Hall–Kier alpha value is -1.80. The molecule has 1 heterocycles. The molecular weight excluding hydrogens is 343 g/mol. The molecule has 2 aromatic rings. The predicted molar refractivity (Wildman–Crippen MR) is 93.1 cm³/mol. The van der Waals surface area contributed by atoms with Crippen LogP contribution in [0.15, 0.2) is 59.5 Å². The van der Waals surface area contributed by atoms with E-state index < -0.39 is 16.1 Å². The molecule has 5 nitrogen and oxygen atoms in total. The molecule has 0 bridgehead atoms. The lowest BCUT2D eigenvalue weighted by atomic mass is 10.1. The lowest BCUT2D eigenvalue weighted by molar-refractivity contribution is 0.160. The molecule has 0 saturated carbocycles. The third kappa shape index (κ3) is 4.24. The fourth-order valence-corrected chi connectivity index (χ4v) is 4.49. The van der Waals surface area contributed by atoms with Gasteiger partial charge in [-0.2, -0.15) is 4.31 Å². The average Bonchev–Trinajstić information content (AvgIpc) is 2.98. The zero-order chi connectivity index (χ0) is 17.9. The highest BCUT2D eigenvalue weighted by Crippen LogP contribution is 2.21. The minimum Gasteiger partial charge on any atom is -0.390 e. The maximum absolute atomic E-state index is 13.2. The second-order valence-corrected chi connectivity index (χ2v) is 8.08. The van der Waals surface area contributed by atoms with Gasteiger partial charge in [-0.05, 0) is 42.8 Å². The van der Waals surface area contributed by atoms with Crippen LogP contribution in [0.1, 0.15) is 5.56 Å². The van der Waals surface area contributed by atoms with Crippen LogP contribution in [-0.2, 0) is 16.4 Å². The molecular formula is C18H21FN2O3S. The van der Waals surface area contributed by atoms with Gasteiger partial charge < -0.3 is 10.4 Å². The van der Waals surface area contributed by atoms with E-state index in [4.69, 9.17) is 0 Å². The molecule has 3 rings (SSSR count). The maximum Gasteiger partial charge on any atom is 0.243 e. The van der Waals surface area contributed by atoms with Crippen LogP contribution in [0.25, 0.3) is 0 Å². The summed E-state index contributed by atoms with van der Waals surface area (Å²) in [6, 6.07) is 14.2. The zero-order valence-corrected chi connectivity index (χ0v) is 14.5. The summed E-state index contributed by atoms with van der Waals surface area (Å²) in [7, 11) is -3.60. The summed E-state index contributed by atoms with van der Waals surface area (Å²) in [5, 5.41) is 13.4. The number of β-amino-alcohol motifs (C(OH)–C–C–N with tert-alkyl or cyclic N) is 1. The number of rotatable bonds is 6. The Kier molecular flexibility index (Phi) is 5.48. The maximum atomic E-state index is 13.2. The van der Waals surface area contributed by atoms with Crippen LogP contribution < -0.4 is 5.32 Å². The Labute approximate surface area is 147 Å². The molecule has 0 aromatic heterocycles. The van der Waals surface area contributed by atoms with Gasteiger partial charge in [0.05, 0.1) is 11.0 Å². The normalized spacial score (nSPS) is 21.5. The van der Waals surface area contributed by atoms with Crippen LogP contribution in [-0.4, -0.2) is 49.6 Å². The molecule has 1 saturated heterocycles. The Bertz CT molecular complexity index is 814. The summed E-state index contributed by atoms with van der Waals surface area (Å²) in [5.74, 6) is -0.279. The van der Waals surface area contributed by atoms with Crippen LogP contribution in [0.2, 0.25) is 0 Å². The first kappa shape index (κ1) is 18.0. The van der Waals surface area contributed by atoms with Gasteiger partial charge in [0.15, 0.2) is 0 Å². The Balaban J connectivity index is 1.58. The lowest BCUT2D eigenvalue weighted by Gasteiger charge is -2.17. The van der Waals surface area contributed by atoms with Crippen molar-refractivity contribution in [2.75, 3.05) is 19.6 Å². The summed E-state index contributed by atoms with van der Waals surface area (Å²) in [6.07, 6.45) is -0.169. The second-order valence-electron chi connectivity index (χ2n) is 6.14. The van der Waals surface area contributed by atoms with Crippen molar-refractivity contribution in [3.63, 3.8) is 0 Å². The van der Waals surface area contributed by atoms with Crippen molar-refractivity contribution >= 4 is 10.0 Å². The van der Waals surface area contributed by atoms with Gasteiger partial charge in [-0.1, -0.05) is 30.3 Å². The largest absolute Gasteiger partial charge is 0.390 e. The lowest BCUT2D eigenvalue weighted by Crippen LogP contribution is -2.40. The number of aliphatic hydroxyl groups is 1. The fourth-order valence-electron chi connectivity index (χ4n) is 2.98. The van der Waals surface area contributed by atoms with Crippen LogP contribution in [0.5, 0.6) is 0 Å². The molecule has 0 amide bonds. The minimum absolute atomic E-state index is 0.0643. The molecule has 0 aliphatic carbocycles. The Morgan fingerprint density at radius 1 is 1.12 bits per heavy atom. The highest BCUT2D eigenvalue weighted by Gasteiger charge is 2.38. The zero-order valence-electron chi connectivity index (χ0n) is 13.7. The first-order valence-electron chi connectivity index (χ1n) is 8.18. The molecule has 0 radical (unpaired) electrons. The molecule has 1 fully saturated rings. The number of hydrogen-bond donors (Lipinski definition) is 2. The summed E-state index contributed by atoms with van der Waals surface area (Å²) in [6.45, 7) is 0.806. The van der Waals surface area contributed by atoms with Crippen molar-refractivity contribution in [2.24, 2.45) is 0 Å². The minimum atomic E-state index is -3.60. The van der Waals surface area contributed by atoms with Gasteiger partial charge in [-0.3, -0.25) is 0 Å². The molecule has 1 aliphatic rings. The molecule has 0 unspecified atom stereocenters. The quantitative estimate of drug-likeness (QED) is 0.813. The number of nitrogens with one attached hydrogen (secondary N) is 1. The van der Waals surface area contributed by atoms with Crippen LogP contribution >= 0.6 is 0 Å². The van der Waals surface area contributed by atoms with Crippen LogP contribution in [0.4, 0.5) is 4.39 Å². The smallest absolute Gasteiger partial charge is 0.243 e. The van der Waals surface area contributed by atoms with Crippen LogP contribution in [0, 0.1) is 5.82 Å². The molecule has 0 spiro atoms. The Morgan fingerprint density at radius 2 is 1.88 bits per heavy atom. The first-order chi connectivity index (χ1) is 12.0. The first-order valence-corrected chi connectivity index (χ1v) is 9.62. The number of nitrogens with zero attached hydrogens (tertiary/aromatic N) is 1. The summed E-state index contributed by atoms with van der Waals surface area (Å²) < 4.78 is 39.7. The fraction of sp³-hybridized carbons (Fsp3) is 0.333. The molecule has 2 aromatic carbocycles. The summed E-state index contributed by atoms with van der Waals surface area (Å²) in [5.41, 5.74) is 0.855. The number of halogens is 1. The van der Waals surface area contributed by atoms with E-state index in [1.165, 1.54) is 16.4 Å². The SMILES string of the molecule is O=S(=O)(c1ccccc1)N1C[C@@H](O)[C@H](NCCc2cccc(F)c2)C1. The van der Waals surface area contributed by atoms with E-state index in [1.807, 2.05) is 6.07 Å². The van der Waals surface area contributed by atoms with Gasteiger partial charge in [0, 0.05) is 19.1 Å². The second kappa shape index (κ2) is 7.61. The van der Waals surface area contributed by atoms with E-state index >= 15 is 0 Å². The number of sulfonamides is 1. The number of benzene rings is 2. The van der Waals surface area contributed by atoms with Gasteiger partial charge in [-0.15, -0.1) is 0 Å². The van der Waals surface area contributed by atoms with E-state index in [1.54, 1.807) is 36.4 Å². The molecule has 1 aliphatic heterocycles. The summed E-state index contributed by atoms with van der Waals surface area (Å²) >= 11 is 0. The van der Waals surface area contributed by atoms with Gasteiger partial charge in [0.2, 0.25) is 10.0 Å². The van der Waals surface area contributed by atoms with E-state index in [0.717, 1.165) is 5.56 Å². The van der Waals surface area contributed by atoms with Crippen LogP contribution in [0.3, 0.4) is 0 Å². The van der Waals surface area contributed by atoms with Gasteiger partial charge >= 0.3 is 0 Å². The molecule has 2 N–H and O–H groups in total. The number of hydrogen-bond acceptors (Lipinski definition) is 4. The summed E-state index contributed by atoms with van der Waals surface area (Å²) in [4.78, 5) is 0.225. The van der Waals surface area contributed by atoms with Gasteiger partial charge in [0.25, 0.3) is 0 Å². The third-order valence-electron chi connectivity index (χ3n) is 4.35. The molecule has 2 atom stereocenters.